The Balaban J connectivity index is 2.74. The van der Waals surface area contributed by atoms with Gasteiger partial charge in [-0.15, -0.1) is 0 Å². The quantitative estimate of drug-likeness (QED) is 0.554. The molecule has 1 rings (SSSR count). The molecule has 0 fully saturated rings. The molecule has 0 saturated carbocycles. The van der Waals surface area contributed by atoms with Gasteiger partial charge in [0.25, 0.3) is 0 Å². The molecule has 0 aromatic heterocycles. The van der Waals surface area contributed by atoms with Crippen LogP contribution in [0.25, 0.3) is 0 Å². The van der Waals surface area contributed by atoms with Gasteiger partial charge in [0, 0.05) is 5.56 Å². The third-order valence-corrected chi connectivity index (χ3v) is 2.06. The summed E-state index contributed by atoms with van der Waals surface area (Å²) in [7, 11) is 0. The molecule has 0 saturated heterocycles. The SMILES string of the molecule is OC(C#Cc1ccccc1)C(Cl)(Cl)Cl. The van der Waals surface area contributed by atoms with Gasteiger partial charge in [-0.1, -0.05) is 64.8 Å². The minimum absolute atomic E-state index is 0.765. The molecule has 0 spiro atoms. The standard InChI is InChI=1S/C10H7Cl3O/c11-10(12,13)9(14)7-6-8-4-2-1-3-5-8/h1-5,9,14H. The van der Waals surface area contributed by atoms with Crippen LogP contribution in [0, 0.1) is 11.8 Å². The van der Waals surface area contributed by atoms with E-state index in [1.807, 2.05) is 18.2 Å². The average Bonchev–Trinajstić information content (AvgIpc) is 2.14. The number of hydrogen-bond acceptors (Lipinski definition) is 1. The first-order valence-electron chi connectivity index (χ1n) is 3.81. The molecule has 1 atom stereocenters. The van der Waals surface area contributed by atoms with Crippen LogP contribution in [0.2, 0.25) is 0 Å². The van der Waals surface area contributed by atoms with Crippen LogP contribution in [0.4, 0.5) is 0 Å². The second-order valence-corrected chi connectivity index (χ2v) is 4.95. The topological polar surface area (TPSA) is 20.2 Å². The molecule has 1 aromatic carbocycles. The predicted octanol–water partition coefficient (Wildman–Crippen LogP) is 2.77. The molecular formula is C10H7Cl3O. The molecule has 0 radical (unpaired) electrons. The molecule has 0 aliphatic rings. The van der Waals surface area contributed by atoms with Crippen molar-refractivity contribution in [2.24, 2.45) is 0 Å². The summed E-state index contributed by atoms with van der Waals surface area (Å²) in [5, 5.41) is 9.28. The zero-order valence-electron chi connectivity index (χ0n) is 7.05. The normalized spacial score (nSPS) is 12.9. The highest BCUT2D eigenvalue weighted by atomic mass is 35.6. The van der Waals surface area contributed by atoms with Crippen molar-refractivity contribution in [2.75, 3.05) is 0 Å². The lowest BCUT2D eigenvalue weighted by atomic mass is 10.2. The zero-order chi connectivity index (χ0) is 10.6. The summed E-state index contributed by atoms with van der Waals surface area (Å²) < 4.78 is -1.76. The van der Waals surface area contributed by atoms with Crippen LogP contribution < -0.4 is 0 Å². The summed E-state index contributed by atoms with van der Waals surface area (Å²) in [5.74, 6) is 5.15. The van der Waals surface area contributed by atoms with Crippen molar-refractivity contribution in [3.05, 3.63) is 35.9 Å². The van der Waals surface area contributed by atoms with Crippen molar-refractivity contribution in [3.63, 3.8) is 0 Å². The minimum Gasteiger partial charge on any atom is -0.376 e. The Labute approximate surface area is 97.6 Å². The van der Waals surface area contributed by atoms with Gasteiger partial charge in [-0.25, -0.2) is 0 Å². The highest BCUT2D eigenvalue weighted by Crippen LogP contribution is 2.29. The number of hydrogen-bond donors (Lipinski definition) is 1. The smallest absolute Gasteiger partial charge is 0.227 e. The third-order valence-electron chi connectivity index (χ3n) is 1.44. The molecule has 14 heavy (non-hydrogen) atoms. The summed E-state index contributed by atoms with van der Waals surface area (Å²) >= 11 is 16.3. The van der Waals surface area contributed by atoms with Crippen LogP contribution >= 0.6 is 34.8 Å². The predicted molar refractivity (Wildman–Crippen MR) is 59.6 cm³/mol. The number of aliphatic hydroxyl groups excluding tert-OH is 1. The second kappa shape index (κ2) is 4.91. The Morgan fingerprint density at radius 2 is 1.71 bits per heavy atom. The summed E-state index contributed by atoms with van der Waals surface area (Å²) in [4.78, 5) is 0. The van der Waals surface area contributed by atoms with Crippen LogP contribution in [0.3, 0.4) is 0 Å². The lowest BCUT2D eigenvalue weighted by Crippen LogP contribution is -2.22. The number of benzene rings is 1. The highest BCUT2D eigenvalue weighted by molar-refractivity contribution is 6.68. The van der Waals surface area contributed by atoms with Crippen LogP contribution in [-0.2, 0) is 0 Å². The van der Waals surface area contributed by atoms with Crippen molar-refractivity contribution in [3.8, 4) is 11.8 Å². The molecule has 0 heterocycles. The maximum atomic E-state index is 9.28. The number of alkyl halides is 3. The molecule has 1 aromatic rings. The van der Waals surface area contributed by atoms with Gasteiger partial charge in [0.1, 0.15) is 0 Å². The van der Waals surface area contributed by atoms with Crippen molar-refractivity contribution >= 4 is 34.8 Å². The van der Waals surface area contributed by atoms with Crippen molar-refractivity contribution in [1.29, 1.82) is 0 Å². The summed E-state index contributed by atoms with van der Waals surface area (Å²) in [5.41, 5.74) is 0.765. The molecular weight excluding hydrogens is 242 g/mol. The summed E-state index contributed by atoms with van der Waals surface area (Å²) in [6, 6.07) is 9.16. The van der Waals surface area contributed by atoms with Crippen molar-refractivity contribution in [1.82, 2.24) is 0 Å². The fourth-order valence-corrected chi connectivity index (χ4v) is 0.919. The Hall–Kier alpha value is -0.390. The van der Waals surface area contributed by atoms with E-state index >= 15 is 0 Å². The van der Waals surface area contributed by atoms with E-state index in [1.165, 1.54) is 0 Å². The lowest BCUT2D eigenvalue weighted by molar-refractivity contribution is 0.237. The summed E-state index contributed by atoms with van der Waals surface area (Å²) in [6.45, 7) is 0. The number of rotatable bonds is 0. The molecule has 1 N–H and O–H groups in total. The first-order valence-corrected chi connectivity index (χ1v) is 4.95. The zero-order valence-corrected chi connectivity index (χ0v) is 9.31. The van der Waals surface area contributed by atoms with Gasteiger partial charge in [-0.05, 0) is 12.1 Å². The molecule has 0 aliphatic heterocycles. The van der Waals surface area contributed by atoms with Crippen LogP contribution in [0.5, 0.6) is 0 Å². The Bertz CT molecular complexity index is 345. The molecule has 0 aliphatic carbocycles. The molecule has 4 heteroatoms. The molecule has 0 bridgehead atoms. The van der Waals surface area contributed by atoms with Crippen LogP contribution in [0.1, 0.15) is 5.56 Å². The van der Waals surface area contributed by atoms with Gasteiger partial charge in [-0.3, -0.25) is 0 Å². The van der Waals surface area contributed by atoms with E-state index in [2.05, 4.69) is 11.8 Å². The third kappa shape index (κ3) is 3.77. The Kier molecular flexibility index (Phi) is 4.10. The van der Waals surface area contributed by atoms with Gasteiger partial charge in [-0.2, -0.15) is 0 Å². The maximum absolute atomic E-state index is 9.28. The fourth-order valence-electron chi connectivity index (χ4n) is 0.755. The van der Waals surface area contributed by atoms with Gasteiger partial charge >= 0.3 is 0 Å². The Morgan fingerprint density at radius 3 is 2.21 bits per heavy atom. The molecule has 0 amide bonds. The Morgan fingerprint density at radius 1 is 1.14 bits per heavy atom. The van der Waals surface area contributed by atoms with E-state index in [-0.39, 0.29) is 0 Å². The minimum atomic E-state index is -1.76. The van der Waals surface area contributed by atoms with E-state index in [0.29, 0.717) is 0 Å². The molecule has 1 unspecified atom stereocenters. The van der Waals surface area contributed by atoms with E-state index in [9.17, 15) is 5.11 Å². The maximum Gasteiger partial charge on any atom is 0.227 e. The van der Waals surface area contributed by atoms with E-state index in [4.69, 9.17) is 34.8 Å². The van der Waals surface area contributed by atoms with Gasteiger partial charge in [0.2, 0.25) is 3.79 Å². The van der Waals surface area contributed by atoms with Gasteiger partial charge in [0.15, 0.2) is 6.10 Å². The monoisotopic (exact) mass is 248 g/mol. The van der Waals surface area contributed by atoms with E-state index in [0.717, 1.165) is 5.56 Å². The largest absolute Gasteiger partial charge is 0.376 e. The van der Waals surface area contributed by atoms with Crippen LogP contribution in [-0.4, -0.2) is 15.0 Å². The first kappa shape index (κ1) is 11.7. The van der Waals surface area contributed by atoms with Crippen LogP contribution in [0.15, 0.2) is 30.3 Å². The van der Waals surface area contributed by atoms with E-state index < -0.39 is 9.90 Å². The molecule has 74 valence electrons. The first-order chi connectivity index (χ1) is 6.50. The lowest BCUT2D eigenvalue weighted by Gasteiger charge is -2.12. The van der Waals surface area contributed by atoms with Crippen molar-refractivity contribution in [2.45, 2.75) is 9.90 Å². The number of aliphatic hydroxyl groups is 1. The average molecular weight is 250 g/mol. The highest BCUT2D eigenvalue weighted by Gasteiger charge is 2.28. The number of halogens is 3. The van der Waals surface area contributed by atoms with Crippen molar-refractivity contribution < 1.29 is 5.11 Å². The molecule has 1 nitrogen and oxygen atoms in total. The van der Waals surface area contributed by atoms with E-state index in [1.54, 1.807) is 12.1 Å². The fraction of sp³-hybridized carbons (Fsp3) is 0.200. The second-order valence-electron chi connectivity index (χ2n) is 2.58. The van der Waals surface area contributed by atoms with Gasteiger partial charge < -0.3 is 5.11 Å². The summed E-state index contributed by atoms with van der Waals surface area (Å²) in [6.07, 6.45) is -1.28. The van der Waals surface area contributed by atoms with Gasteiger partial charge in [0.05, 0.1) is 0 Å².